The van der Waals surface area contributed by atoms with Gasteiger partial charge in [0.15, 0.2) is 0 Å². The van der Waals surface area contributed by atoms with Gasteiger partial charge in [0.25, 0.3) is 0 Å². The summed E-state index contributed by atoms with van der Waals surface area (Å²) >= 11 is 5.06. The molecule has 86 valence electrons. The van der Waals surface area contributed by atoms with Crippen LogP contribution < -0.4 is 0 Å². The summed E-state index contributed by atoms with van der Waals surface area (Å²) in [6.07, 6.45) is 0. The number of hydrogen-bond acceptors (Lipinski definition) is 3. The summed E-state index contributed by atoms with van der Waals surface area (Å²) in [5.41, 5.74) is 0.421. The maximum Gasteiger partial charge on any atom is 0.333 e. The Hall–Kier alpha value is -0.740. The van der Waals surface area contributed by atoms with Crippen molar-refractivity contribution in [2.75, 3.05) is 6.61 Å². The van der Waals surface area contributed by atoms with E-state index in [1.807, 2.05) is 30.3 Å². The van der Waals surface area contributed by atoms with Gasteiger partial charge < -0.3 is 4.74 Å². The van der Waals surface area contributed by atoms with Gasteiger partial charge in [-0.15, -0.1) is 11.8 Å². The summed E-state index contributed by atoms with van der Waals surface area (Å²) in [5, 5.41) is 0. The van der Waals surface area contributed by atoms with Crippen LogP contribution in [0.25, 0.3) is 0 Å². The van der Waals surface area contributed by atoms with E-state index in [1.165, 1.54) is 0 Å². The van der Waals surface area contributed by atoms with Crippen LogP contribution in [-0.2, 0) is 9.53 Å². The highest BCUT2D eigenvalue weighted by molar-refractivity contribution is 9.11. The SMILES string of the molecule is C=C(C)C(=O)OCC(Br)Sc1ccccc1. The molecular formula is C12H13BrO2S. The van der Waals surface area contributed by atoms with Gasteiger partial charge in [0.2, 0.25) is 0 Å². The molecule has 0 N–H and O–H groups in total. The van der Waals surface area contributed by atoms with Gasteiger partial charge in [-0.05, 0) is 19.1 Å². The number of benzene rings is 1. The van der Waals surface area contributed by atoms with E-state index in [-0.39, 0.29) is 10.1 Å². The lowest BCUT2D eigenvalue weighted by molar-refractivity contribution is -0.138. The average Bonchev–Trinajstić information content (AvgIpc) is 2.27. The standard InChI is InChI=1S/C12H13BrO2S/c1-9(2)12(14)15-8-11(13)16-10-6-4-3-5-7-10/h3-7,11H,1,8H2,2H3. The second kappa shape index (κ2) is 6.76. The molecule has 0 fully saturated rings. The maximum atomic E-state index is 11.1. The van der Waals surface area contributed by atoms with Crippen molar-refractivity contribution in [1.82, 2.24) is 0 Å². The molecule has 0 aliphatic rings. The van der Waals surface area contributed by atoms with Crippen LogP contribution in [0.5, 0.6) is 0 Å². The summed E-state index contributed by atoms with van der Waals surface area (Å²) < 4.78 is 5.09. The van der Waals surface area contributed by atoms with Crippen molar-refractivity contribution in [3.63, 3.8) is 0 Å². The first-order valence-corrected chi connectivity index (χ1v) is 6.57. The summed E-state index contributed by atoms with van der Waals surface area (Å²) in [5.74, 6) is -0.349. The van der Waals surface area contributed by atoms with Crippen molar-refractivity contribution in [3.05, 3.63) is 42.5 Å². The van der Waals surface area contributed by atoms with E-state index in [9.17, 15) is 4.79 Å². The van der Waals surface area contributed by atoms with Crippen molar-refractivity contribution in [1.29, 1.82) is 0 Å². The molecule has 0 radical (unpaired) electrons. The number of thioether (sulfide) groups is 1. The van der Waals surface area contributed by atoms with Gasteiger partial charge in [-0.25, -0.2) is 4.79 Å². The molecule has 0 aliphatic heterocycles. The van der Waals surface area contributed by atoms with E-state index in [0.29, 0.717) is 12.2 Å². The van der Waals surface area contributed by atoms with Crippen LogP contribution in [0, 0.1) is 0 Å². The molecule has 16 heavy (non-hydrogen) atoms. The lowest BCUT2D eigenvalue weighted by Gasteiger charge is -2.10. The van der Waals surface area contributed by atoms with Crippen molar-refractivity contribution in [2.24, 2.45) is 0 Å². The lowest BCUT2D eigenvalue weighted by Crippen LogP contribution is -2.11. The Morgan fingerprint density at radius 1 is 1.50 bits per heavy atom. The van der Waals surface area contributed by atoms with Gasteiger partial charge in [-0.3, -0.25) is 0 Å². The fraction of sp³-hybridized carbons (Fsp3) is 0.250. The number of carbonyl (C=O) groups is 1. The number of hydrogen-bond donors (Lipinski definition) is 0. The zero-order chi connectivity index (χ0) is 12.0. The minimum Gasteiger partial charge on any atom is -0.460 e. The van der Waals surface area contributed by atoms with Crippen LogP contribution in [0.4, 0.5) is 0 Å². The molecule has 0 aromatic heterocycles. The first-order valence-electron chi connectivity index (χ1n) is 4.78. The highest BCUT2D eigenvalue weighted by atomic mass is 79.9. The minimum atomic E-state index is -0.349. The largest absolute Gasteiger partial charge is 0.460 e. The number of ether oxygens (including phenoxy) is 1. The second-order valence-corrected chi connectivity index (χ2v) is 6.21. The molecule has 0 bridgehead atoms. The monoisotopic (exact) mass is 300 g/mol. The molecular weight excluding hydrogens is 288 g/mol. The average molecular weight is 301 g/mol. The number of carbonyl (C=O) groups excluding carboxylic acids is 1. The fourth-order valence-corrected chi connectivity index (χ4v) is 2.47. The number of halogens is 1. The third kappa shape index (κ3) is 4.86. The van der Waals surface area contributed by atoms with Crippen molar-refractivity contribution >= 4 is 33.7 Å². The summed E-state index contributed by atoms with van der Waals surface area (Å²) in [4.78, 5) is 12.3. The Balaban J connectivity index is 2.34. The number of rotatable bonds is 5. The van der Waals surface area contributed by atoms with Gasteiger partial charge in [0.1, 0.15) is 6.61 Å². The number of esters is 1. The van der Waals surface area contributed by atoms with Crippen LogP contribution in [0.2, 0.25) is 0 Å². The highest BCUT2D eigenvalue weighted by Gasteiger charge is 2.10. The van der Waals surface area contributed by atoms with Gasteiger partial charge in [0, 0.05) is 10.5 Å². The quantitative estimate of drug-likeness (QED) is 0.360. The van der Waals surface area contributed by atoms with E-state index in [1.54, 1.807) is 18.7 Å². The molecule has 0 aliphatic carbocycles. The van der Waals surface area contributed by atoms with Crippen LogP contribution in [0.15, 0.2) is 47.4 Å². The van der Waals surface area contributed by atoms with Crippen molar-refractivity contribution < 1.29 is 9.53 Å². The minimum absolute atomic E-state index is 0.0539. The maximum absolute atomic E-state index is 11.1. The molecule has 1 rings (SSSR count). The van der Waals surface area contributed by atoms with Crippen LogP contribution in [0.3, 0.4) is 0 Å². The molecule has 4 heteroatoms. The predicted octanol–water partition coefficient (Wildman–Crippen LogP) is 3.62. The summed E-state index contributed by atoms with van der Waals surface area (Å²) in [6, 6.07) is 9.94. The third-order valence-corrected chi connectivity index (χ3v) is 3.46. The molecule has 0 saturated heterocycles. The Labute approximate surface area is 108 Å². The van der Waals surface area contributed by atoms with Gasteiger partial charge in [-0.2, -0.15) is 0 Å². The number of alkyl halides is 1. The zero-order valence-electron chi connectivity index (χ0n) is 8.98. The topological polar surface area (TPSA) is 26.3 Å². The molecule has 0 heterocycles. The lowest BCUT2D eigenvalue weighted by atomic mass is 10.4. The molecule has 1 aromatic carbocycles. The highest BCUT2D eigenvalue weighted by Crippen LogP contribution is 2.27. The van der Waals surface area contributed by atoms with Crippen LogP contribution in [-0.4, -0.2) is 16.7 Å². The van der Waals surface area contributed by atoms with Crippen molar-refractivity contribution in [3.8, 4) is 0 Å². The predicted molar refractivity (Wildman–Crippen MR) is 70.8 cm³/mol. The van der Waals surface area contributed by atoms with Crippen molar-refractivity contribution in [2.45, 2.75) is 16.0 Å². The molecule has 1 aromatic rings. The molecule has 1 atom stereocenters. The molecule has 1 unspecified atom stereocenters. The van der Waals surface area contributed by atoms with Gasteiger partial charge in [-0.1, -0.05) is 40.7 Å². The van der Waals surface area contributed by atoms with E-state index >= 15 is 0 Å². The van der Waals surface area contributed by atoms with Crippen LogP contribution in [0.1, 0.15) is 6.92 Å². The molecule has 0 spiro atoms. The third-order valence-electron chi connectivity index (χ3n) is 1.70. The first-order chi connectivity index (χ1) is 7.59. The Morgan fingerprint density at radius 2 is 2.12 bits per heavy atom. The first kappa shape index (κ1) is 13.3. The van der Waals surface area contributed by atoms with E-state index in [4.69, 9.17) is 4.74 Å². The summed E-state index contributed by atoms with van der Waals surface area (Å²) in [6.45, 7) is 5.48. The van der Waals surface area contributed by atoms with E-state index in [0.717, 1.165) is 4.90 Å². The Morgan fingerprint density at radius 3 is 2.69 bits per heavy atom. The Kier molecular flexibility index (Phi) is 5.63. The van der Waals surface area contributed by atoms with Crippen LogP contribution >= 0.6 is 27.7 Å². The molecule has 2 nitrogen and oxygen atoms in total. The zero-order valence-corrected chi connectivity index (χ0v) is 11.4. The fourth-order valence-electron chi connectivity index (χ4n) is 0.945. The molecule has 0 saturated carbocycles. The second-order valence-electron chi connectivity index (χ2n) is 3.22. The molecule has 0 amide bonds. The summed E-state index contributed by atoms with van der Waals surface area (Å²) in [7, 11) is 0. The van der Waals surface area contributed by atoms with Gasteiger partial charge in [0.05, 0.1) is 4.16 Å². The Bertz CT molecular complexity index is 365. The van der Waals surface area contributed by atoms with E-state index < -0.39 is 0 Å². The van der Waals surface area contributed by atoms with Gasteiger partial charge >= 0.3 is 5.97 Å². The smallest absolute Gasteiger partial charge is 0.333 e. The normalized spacial score (nSPS) is 11.9. The van der Waals surface area contributed by atoms with E-state index in [2.05, 4.69) is 22.5 Å².